The van der Waals surface area contributed by atoms with Crippen LogP contribution in [-0.2, 0) is 6.54 Å². The Bertz CT molecular complexity index is 602. The Hall–Kier alpha value is -1.25. The van der Waals surface area contributed by atoms with E-state index in [1.165, 1.54) is 32.7 Å². The van der Waals surface area contributed by atoms with Crippen LogP contribution in [0.4, 0.5) is 0 Å². The molecule has 0 aliphatic heterocycles. The van der Waals surface area contributed by atoms with E-state index in [9.17, 15) is 0 Å². The van der Waals surface area contributed by atoms with Gasteiger partial charge in [-0.25, -0.2) is 0 Å². The SMILES string of the molecule is CSc1ccc(C(C)NCc2cc(C)c(C)cc2C)cc1. The first-order chi connectivity index (χ1) is 10.0. The second-order valence-electron chi connectivity index (χ2n) is 5.74. The zero-order valence-electron chi connectivity index (χ0n) is 13.7. The summed E-state index contributed by atoms with van der Waals surface area (Å²) >= 11 is 1.78. The van der Waals surface area contributed by atoms with Crippen LogP contribution in [-0.4, -0.2) is 6.26 Å². The van der Waals surface area contributed by atoms with Crippen molar-refractivity contribution in [3.8, 4) is 0 Å². The predicted molar refractivity (Wildman–Crippen MR) is 94.1 cm³/mol. The van der Waals surface area contributed by atoms with E-state index in [0.717, 1.165) is 6.54 Å². The number of thioether (sulfide) groups is 1. The summed E-state index contributed by atoms with van der Waals surface area (Å²) in [6, 6.07) is 13.8. The molecule has 2 heteroatoms. The lowest BCUT2D eigenvalue weighted by molar-refractivity contribution is 0.573. The third-order valence-electron chi connectivity index (χ3n) is 4.17. The lowest BCUT2D eigenvalue weighted by Gasteiger charge is -2.17. The van der Waals surface area contributed by atoms with Gasteiger partial charge in [0.05, 0.1) is 0 Å². The van der Waals surface area contributed by atoms with Gasteiger partial charge in [0.15, 0.2) is 0 Å². The maximum Gasteiger partial charge on any atom is 0.0294 e. The Morgan fingerprint density at radius 2 is 1.57 bits per heavy atom. The molecule has 112 valence electrons. The van der Waals surface area contributed by atoms with Gasteiger partial charge in [0.1, 0.15) is 0 Å². The summed E-state index contributed by atoms with van der Waals surface area (Å²) in [5.74, 6) is 0. The van der Waals surface area contributed by atoms with E-state index in [4.69, 9.17) is 0 Å². The number of rotatable bonds is 5. The third kappa shape index (κ3) is 4.12. The molecule has 1 atom stereocenters. The summed E-state index contributed by atoms with van der Waals surface area (Å²) in [6.07, 6.45) is 2.11. The van der Waals surface area contributed by atoms with E-state index in [0.29, 0.717) is 6.04 Å². The van der Waals surface area contributed by atoms with Crippen LogP contribution in [0.3, 0.4) is 0 Å². The Balaban J connectivity index is 2.03. The summed E-state index contributed by atoms with van der Waals surface area (Å²) in [6.45, 7) is 9.70. The topological polar surface area (TPSA) is 12.0 Å². The highest BCUT2D eigenvalue weighted by Gasteiger charge is 2.07. The van der Waals surface area contributed by atoms with Crippen molar-refractivity contribution in [1.29, 1.82) is 0 Å². The molecule has 0 aromatic heterocycles. The Morgan fingerprint density at radius 3 is 2.19 bits per heavy atom. The average molecular weight is 299 g/mol. The molecule has 0 saturated heterocycles. The summed E-state index contributed by atoms with van der Waals surface area (Å²) < 4.78 is 0. The van der Waals surface area contributed by atoms with E-state index in [2.05, 4.69) is 75.7 Å². The molecule has 2 aromatic carbocycles. The smallest absolute Gasteiger partial charge is 0.0294 e. The Labute approximate surface area is 133 Å². The molecule has 0 bridgehead atoms. The fourth-order valence-electron chi connectivity index (χ4n) is 2.48. The van der Waals surface area contributed by atoms with Gasteiger partial charge >= 0.3 is 0 Å². The van der Waals surface area contributed by atoms with E-state index >= 15 is 0 Å². The molecule has 0 aliphatic rings. The standard InChI is InChI=1S/C19H25NS/c1-13-10-15(3)18(11-14(13)2)12-20-16(4)17-6-8-19(21-5)9-7-17/h6-11,16,20H,12H2,1-5H3. The maximum absolute atomic E-state index is 3.63. The molecular weight excluding hydrogens is 274 g/mol. The van der Waals surface area contributed by atoms with Crippen LogP contribution < -0.4 is 5.32 Å². The normalized spacial score (nSPS) is 12.4. The van der Waals surface area contributed by atoms with Crippen LogP contribution in [0.1, 0.15) is 40.8 Å². The minimum atomic E-state index is 0.363. The van der Waals surface area contributed by atoms with Crippen molar-refractivity contribution < 1.29 is 0 Å². The molecule has 0 amide bonds. The van der Waals surface area contributed by atoms with Crippen LogP contribution in [0, 0.1) is 20.8 Å². The molecule has 0 aliphatic carbocycles. The van der Waals surface area contributed by atoms with E-state index in [1.54, 1.807) is 11.8 Å². The summed E-state index contributed by atoms with van der Waals surface area (Å²) in [7, 11) is 0. The number of aryl methyl sites for hydroxylation is 3. The quantitative estimate of drug-likeness (QED) is 0.763. The highest BCUT2D eigenvalue weighted by molar-refractivity contribution is 7.98. The molecule has 1 unspecified atom stereocenters. The molecule has 2 aromatic rings. The molecule has 0 fully saturated rings. The highest BCUT2D eigenvalue weighted by atomic mass is 32.2. The van der Waals surface area contributed by atoms with Crippen molar-refractivity contribution in [2.75, 3.05) is 6.26 Å². The first-order valence-electron chi connectivity index (χ1n) is 7.45. The molecule has 0 radical (unpaired) electrons. The van der Waals surface area contributed by atoms with Gasteiger partial charge in [-0.2, -0.15) is 0 Å². The monoisotopic (exact) mass is 299 g/mol. The molecule has 0 heterocycles. The summed E-state index contributed by atoms with van der Waals surface area (Å²) in [4.78, 5) is 1.32. The summed E-state index contributed by atoms with van der Waals surface area (Å²) in [5.41, 5.74) is 6.85. The van der Waals surface area contributed by atoms with Crippen molar-refractivity contribution in [1.82, 2.24) is 5.32 Å². The Morgan fingerprint density at radius 1 is 0.952 bits per heavy atom. The van der Waals surface area contributed by atoms with Gasteiger partial charge in [0, 0.05) is 17.5 Å². The highest BCUT2D eigenvalue weighted by Crippen LogP contribution is 2.20. The van der Waals surface area contributed by atoms with Crippen molar-refractivity contribution >= 4 is 11.8 Å². The van der Waals surface area contributed by atoms with Crippen molar-refractivity contribution in [2.24, 2.45) is 0 Å². The van der Waals surface area contributed by atoms with Gasteiger partial charge in [-0.15, -0.1) is 11.8 Å². The molecule has 1 N–H and O–H groups in total. The summed E-state index contributed by atoms with van der Waals surface area (Å²) in [5, 5.41) is 3.63. The molecule has 2 rings (SSSR count). The molecule has 21 heavy (non-hydrogen) atoms. The van der Waals surface area contributed by atoms with E-state index < -0.39 is 0 Å². The second-order valence-corrected chi connectivity index (χ2v) is 6.62. The van der Waals surface area contributed by atoms with Gasteiger partial charge in [-0.3, -0.25) is 0 Å². The van der Waals surface area contributed by atoms with Gasteiger partial charge in [-0.1, -0.05) is 24.3 Å². The minimum Gasteiger partial charge on any atom is -0.306 e. The first-order valence-corrected chi connectivity index (χ1v) is 8.67. The molecule has 0 spiro atoms. The lowest BCUT2D eigenvalue weighted by Crippen LogP contribution is -2.18. The largest absolute Gasteiger partial charge is 0.306 e. The maximum atomic E-state index is 3.63. The Kier molecular flexibility index (Phi) is 5.49. The van der Waals surface area contributed by atoms with E-state index in [1.807, 2.05) is 0 Å². The van der Waals surface area contributed by atoms with Crippen molar-refractivity contribution in [3.63, 3.8) is 0 Å². The lowest BCUT2D eigenvalue weighted by atomic mass is 10.0. The van der Waals surface area contributed by atoms with Crippen LogP contribution in [0.2, 0.25) is 0 Å². The van der Waals surface area contributed by atoms with Gasteiger partial charge < -0.3 is 5.32 Å². The van der Waals surface area contributed by atoms with Crippen molar-refractivity contribution in [3.05, 3.63) is 64.2 Å². The predicted octanol–water partition coefficient (Wildman–Crippen LogP) is 5.18. The zero-order chi connectivity index (χ0) is 15.4. The van der Waals surface area contributed by atoms with Crippen LogP contribution in [0.15, 0.2) is 41.3 Å². The average Bonchev–Trinajstić information content (AvgIpc) is 2.49. The zero-order valence-corrected chi connectivity index (χ0v) is 14.5. The van der Waals surface area contributed by atoms with Crippen LogP contribution >= 0.6 is 11.8 Å². The van der Waals surface area contributed by atoms with Gasteiger partial charge in [0.25, 0.3) is 0 Å². The number of hydrogen-bond acceptors (Lipinski definition) is 2. The molecule has 1 nitrogen and oxygen atoms in total. The van der Waals surface area contributed by atoms with Gasteiger partial charge in [-0.05, 0) is 73.9 Å². The fourth-order valence-corrected chi connectivity index (χ4v) is 2.89. The molecule has 0 saturated carbocycles. The van der Waals surface area contributed by atoms with Crippen molar-refractivity contribution in [2.45, 2.75) is 45.2 Å². The van der Waals surface area contributed by atoms with Gasteiger partial charge in [0.2, 0.25) is 0 Å². The van der Waals surface area contributed by atoms with Crippen LogP contribution in [0.25, 0.3) is 0 Å². The third-order valence-corrected chi connectivity index (χ3v) is 4.91. The fraction of sp³-hybridized carbons (Fsp3) is 0.368. The van der Waals surface area contributed by atoms with E-state index in [-0.39, 0.29) is 0 Å². The number of hydrogen-bond donors (Lipinski definition) is 1. The first kappa shape index (κ1) is 16.1. The number of benzene rings is 2. The molecular formula is C19H25NS. The minimum absolute atomic E-state index is 0.363. The van der Waals surface area contributed by atoms with Crippen LogP contribution in [0.5, 0.6) is 0 Å². The number of nitrogens with one attached hydrogen (secondary N) is 1. The second kappa shape index (κ2) is 7.15.